The second-order valence-corrected chi connectivity index (χ2v) is 3.94. The maximum atomic E-state index is 11.6. The molecule has 1 amide bonds. The van der Waals surface area contributed by atoms with Gasteiger partial charge in [0.2, 0.25) is 0 Å². The molecule has 0 bridgehead atoms. The van der Waals surface area contributed by atoms with Gasteiger partial charge in [-0.1, -0.05) is 0 Å². The minimum atomic E-state index is -0.884. The number of nitrogens with one attached hydrogen (secondary N) is 1. The van der Waals surface area contributed by atoms with Crippen LogP contribution in [0.3, 0.4) is 0 Å². The molecule has 0 aromatic carbocycles. The summed E-state index contributed by atoms with van der Waals surface area (Å²) in [4.78, 5) is 19.6. The van der Waals surface area contributed by atoms with Gasteiger partial charge in [0.05, 0.1) is 18.1 Å². The van der Waals surface area contributed by atoms with Crippen molar-refractivity contribution >= 4 is 5.91 Å². The Hall–Kier alpha value is -1.36. The van der Waals surface area contributed by atoms with Crippen LogP contribution < -0.4 is 0 Å². The molecular formula is C9H15N3O2. The normalized spacial score (nSPS) is 11.4. The number of hydrogen-bond acceptors (Lipinski definition) is 3. The predicted molar refractivity (Wildman–Crippen MR) is 51.8 cm³/mol. The highest BCUT2D eigenvalue weighted by Gasteiger charge is 2.20. The number of likely N-dealkylation sites (N-methyl/N-ethyl adjacent to an activating group) is 1. The third-order valence-electron chi connectivity index (χ3n) is 1.70. The minimum absolute atomic E-state index is 0.176. The summed E-state index contributed by atoms with van der Waals surface area (Å²) in [5.74, 6) is -0.176. The van der Waals surface area contributed by atoms with Gasteiger partial charge in [0, 0.05) is 13.6 Å². The molecule has 0 saturated carbocycles. The van der Waals surface area contributed by atoms with E-state index < -0.39 is 5.60 Å². The fraction of sp³-hybridized carbons (Fsp3) is 0.556. The molecule has 14 heavy (non-hydrogen) atoms. The van der Waals surface area contributed by atoms with E-state index in [1.54, 1.807) is 20.9 Å². The molecule has 0 aliphatic heterocycles. The monoisotopic (exact) mass is 197 g/mol. The fourth-order valence-electron chi connectivity index (χ4n) is 1.23. The van der Waals surface area contributed by atoms with E-state index in [2.05, 4.69) is 9.97 Å². The zero-order chi connectivity index (χ0) is 10.8. The second kappa shape index (κ2) is 3.79. The van der Waals surface area contributed by atoms with Crippen molar-refractivity contribution in [2.45, 2.75) is 19.4 Å². The Kier molecular flexibility index (Phi) is 2.90. The first-order valence-corrected chi connectivity index (χ1v) is 4.36. The average molecular weight is 197 g/mol. The van der Waals surface area contributed by atoms with Crippen LogP contribution in [0.15, 0.2) is 12.5 Å². The van der Waals surface area contributed by atoms with E-state index in [0.29, 0.717) is 5.69 Å². The van der Waals surface area contributed by atoms with Gasteiger partial charge in [-0.3, -0.25) is 4.79 Å². The van der Waals surface area contributed by atoms with Crippen LogP contribution in [0.2, 0.25) is 0 Å². The standard InChI is InChI=1S/C9H15N3O2/c1-9(2,14)5-12(3)8(13)7-4-10-6-11-7/h4,6,14H,5H2,1-3H3,(H,10,11). The Morgan fingerprint density at radius 1 is 1.71 bits per heavy atom. The highest BCUT2D eigenvalue weighted by Crippen LogP contribution is 2.06. The lowest BCUT2D eigenvalue weighted by Gasteiger charge is -2.24. The summed E-state index contributed by atoms with van der Waals surface area (Å²) in [6, 6.07) is 0. The SMILES string of the molecule is CN(CC(C)(C)O)C(=O)c1cnc[nH]1. The van der Waals surface area contributed by atoms with E-state index >= 15 is 0 Å². The number of amides is 1. The molecule has 0 aliphatic rings. The van der Waals surface area contributed by atoms with Crippen LogP contribution >= 0.6 is 0 Å². The van der Waals surface area contributed by atoms with Crippen molar-refractivity contribution in [3.05, 3.63) is 18.2 Å². The number of nitrogens with zero attached hydrogens (tertiary/aromatic N) is 2. The van der Waals surface area contributed by atoms with E-state index in [9.17, 15) is 9.90 Å². The lowest BCUT2D eigenvalue weighted by atomic mass is 10.1. The molecule has 0 radical (unpaired) electrons. The summed E-state index contributed by atoms with van der Waals surface area (Å²) in [6.07, 6.45) is 2.91. The quantitative estimate of drug-likeness (QED) is 0.730. The molecule has 0 spiro atoms. The predicted octanol–water partition coefficient (Wildman–Crippen LogP) is 0.253. The Labute approximate surface area is 82.8 Å². The molecule has 0 saturated heterocycles. The lowest BCUT2D eigenvalue weighted by molar-refractivity contribution is 0.0365. The first-order chi connectivity index (χ1) is 6.40. The van der Waals surface area contributed by atoms with Crippen molar-refractivity contribution in [3.63, 3.8) is 0 Å². The summed E-state index contributed by atoms with van der Waals surface area (Å²) in [6.45, 7) is 3.60. The smallest absolute Gasteiger partial charge is 0.271 e. The number of rotatable bonds is 3. The number of hydrogen-bond donors (Lipinski definition) is 2. The fourth-order valence-corrected chi connectivity index (χ4v) is 1.23. The summed E-state index contributed by atoms with van der Waals surface area (Å²) < 4.78 is 0. The van der Waals surface area contributed by atoms with Gasteiger partial charge in [0.15, 0.2) is 0 Å². The van der Waals surface area contributed by atoms with Gasteiger partial charge in [0.25, 0.3) is 5.91 Å². The zero-order valence-corrected chi connectivity index (χ0v) is 8.61. The highest BCUT2D eigenvalue weighted by atomic mass is 16.3. The maximum Gasteiger partial charge on any atom is 0.271 e. The Morgan fingerprint density at radius 3 is 2.79 bits per heavy atom. The van der Waals surface area contributed by atoms with Gasteiger partial charge in [-0.15, -0.1) is 0 Å². The number of carbonyl (C=O) groups is 1. The van der Waals surface area contributed by atoms with Crippen LogP contribution in [0.5, 0.6) is 0 Å². The maximum absolute atomic E-state index is 11.6. The molecule has 5 nitrogen and oxygen atoms in total. The topological polar surface area (TPSA) is 69.2 Å². The third kappa shape index (κ3) is 2.85. The minimum Gasteiger partial charge on any atom is -0.389 e. The zero-order valence-electron chi connectivity index (χ0n) is 8.61. The molecule has 1 aromatic rings. The largest absolute Gasteiger partial charge is 0.389 e. The summed E-state index contributed by atoms with van der Waals surface area (Å²) >= 11 is 0. The van der Waals surface area contributed by atoms with E-state index in [0.717, 1.165) is 0 Å². The van der Waals surface area contributed by atoms with Crippen LogP contribution in [0.4, 0.5) is 0 Å². The molecule has 2 N–H and O–H groups in total. The van der Waals surface area contributed by atoms with Crippen LogP contribution in [-0.4, -0.2) is 45.1 Å². The third-order valence-corrected chi connectivity index (χ3v) is 1.70. The molecule has 0 unspecified atom stereocenters. The highest BCUT2D eigenvalue weighted by molar-refractivity contribution is 5.91. The molecular weight excluding hydrogens is 182 g/mol. The lowest BCUT2D eigenvalue weighted by Crippen LogP contribution is -2.39. The van der Waals surface area contributed by atoms with Crippen LogP contribution in [0, 0.1) is 0 Å². The molecule has 5 heteroatoms. The van der Waals surface area contributed by atoms with Crippen LogP contribution in [0.1, 0.15) is 24.3 Å². The molecule has 1 heterocycles. The first kappa shape index (κ1) is 10.7. The van der Waals surface area contributed by atoms with Gasteiger partial charge in [0.1, 0.15) is 5.69 Å². The van der Waals surface area contributed by atoms with Gasteiger partial charge >= 0.3 is 0 Å². The van der Waals surface area contributed by atoms with Crippen molar-refractivity contribution in [2.24, 2.45) is 0 Å². The van der Waals surface area contributed by atoms with Gasteiger partial charge in [-0.25, -0.2) is 4.98 Å². The van der Waals surface area contributed by atoms with Crippen molar-refractivity contribution < 1.29 is 9.90 Å². The van der Waals surface area contributed by atoms with Crippen molar-refractivity contribution in [3.8, 4) is 0 Å². The summed E-state index contributed by atoms with van der Waals surface area (Å²) in [5.41, 5.74) is -0.457. The Morgan fingerprint density at radius 2 is 2.36 bits per heavy atom. The van der Waals surface area contributed by atoms with Crippen molar-refractivity contribution in [1.82, 2.24) is 14.9 Å². The number of H-pyrrole nitrogens is 1. The number of aliphatic hydroxyl groups is 1. The molecule has 0 atom stereocenters. The van der Waals surface area contributed by atoms with E-state index in [-0.39, 0.29) is 12.5 Å². The number of aromatic amines is 1. The van der Waals surface area contributed by atoms with Crippen molar-refractivity contribution in [1.29, 1.82) is 0 Å². The van der Waals surface area contributed by atoms with Gasteiger partial charge in [-0.2, -0.15) is 0 Å². The Bertz CT molecular complexity index is 300. The summed E-state index contributed by atoms with van der Waals surface area (Å²) in [5, 5.41) is 9.51. The second-order valence-electron chi connectivity index (χ2n) is 3.94. The molecule has 0 fully saturated rings. The van der Waals surface area contributed by atoms with Crippen LogP contribution in [-0.2, 0) is 0 Å². The summed E-state index contributed by atoms with van der Waals surface area (Å²) in [7, 11) is 1.64. The number of aromatic nitrogens is 2. The van der Waals surface area contributed by atoms with E-state index in [1.165, 1.54) is 17.4 Å². The Balaban J connectivity index is 2.63. The molecule has 1 aromatic heterocycles. The number of imidazole rings is 1. The molecule has 78 valence electrons. The van der Waals surface area contributed by atoms with Crippen LogP contribution in [0.25, 0.3) is 0 Å². The van der Waals surface area contributed by atoms with E-state index in [4.69, 9.17) is 0 Å². The van der Waals surface area contributed by atoms with Crippen molar-refractivity contribution in [2.75, 3.05) is 13.6 Å². The van der Waals surface area contributed by atoms with Gasteiger partial charge < -0.3 is 15.0 Å². The van der Waals surface area contributed by atoms with Gasteiger partial charge in [-0.05, 0) is 13.8 Å². The number of carbonyl (C=O) groups excluding carboxylic acids is 1. The van der Waals surface area contributed by atoms with E-state index in [1.807, 2.05) is 0 Å². The first-order valence-electron chi connectivity index (χ1n) is 4.36. The average Bonchev–Trinajstić information content (AvgIpc) is 2.51. The molecule has 1 rings (SSSR count). The molecule has 0 aliphatic carbocycles.